The van der Waals surface area contributed by atoms with E-state index in [9.17, 15) is 8.42 Å². The minimum absolute atomic E-state index is 0.0903. The van der Waals surface area contributed by atoms with Crippen LogP contribution < -0.4 is 9.88 Å². The van der Waals surface area contributed by atoms with Gasteiger partial charge in [-0.15, -0.1) is 0 Å². The number of primary sulfonamides is 1. The van der Waals surface area contributed by atoms with Gasteiger partial charge in [0.15, 0.2) is 0 Å². The monoisotopic (exact) mass is 379 g/mol. The van der Waals surface area contributed by atoms with E-state index in [1.54, 1.807) is 18.2 Å². The van der Waals surface area contributed by atoms with E-state index in [1.165, 1.54) is 6.07 Å². The normalized spacial score (nSPS) is 11.6. The van der Waals surface area contributed by atoms with E-state index in [2.05, 4.69) is 9.97 Å². The lowest BCUT2D eigenvalue weighted by atomic mass is 10.1. The second-order valence-corrected chi connectivity index (χ2v) is 7.59. The number of H-pyrrole nitrogens is 1. The number of imidazole rings is 1. The van der Waals surface area contributed by atoms with Gasteiger partial charge in [0.1, 0.15) is 18.2 Å². The molecule has 3 N–H and O–H groups in total. The van der Waals surface area contributed by atoms with Gasteiger partial charge in [-0.1, -0.05) is 42.5 Å². The van der Waals surface area contributed by atoms with Crippen LogP contribution in [-0.2, 0) is 16.6 Å². The molecule has 0 amide bonds. The van der Waals surface area contributed by atoms with Crippen LogP contribution in [0.1, 0.15) is 5.82 Å². The fourth-order valence-corrected chi connectivity index (χ4v) is 3.68. The van der Waals surface area contributed by atoms with Gasteiger partial charge in [-0.05, 0) is 35.9 Å². The first kappa shape index (κ1) is 17.3. The van der Waals surface area contributed by atoms with Gasteiger partial charge >= 0.3 is 0 Å². The number of para-hydroxylation sites is 1. The highest BCUT2D eigenvalue weighted by Gasteiger charge is 2.15. The summed E-state index contributed by atoms with van der Waals surface area (Å²) < 4.78 is 29.4. The molecule has 0 unspecified atom stereocenters. The summed E-state index contributed by atoms with van der Waals surface area (Å²) in [5.74, 6) is 1.45. The number of aromatic amines is 1. The quantitative estimate of drug-likeness (QED) is 0.555. The predicted molar refractivity (Wildman–Crippen MR) is 104 cm³/mol. The molecule has 7 heteroatoms. The molecule has 1 aromatic heterocycles. The molecule has 0 aliphatic rings. The van der Waals surface area contributed by atoms with Crippen molar-refractivity contribution < 1.29 is 13.2 Å². The van der Waals surface area contributed by atoms with E-state index in [1.807, 2.05) is 48.5 Å². The lowest BCUT2D eigenvalue weighted by Gasteiger charge is -2.07. The van der Waals surface area contributed by atoms with Gasteiger partial charge in [-0.25, -0.2) is 18.5 Å². The number of sulfonamides is 1. The zero-order valence-corrected chi connectivity index (χ0v) is 15.1. The lowest BCUT2D eigenvalue weighted by Crippen LogP contribution is -2.13. The standard InChI is InChI=1S/C20H17N3O3S/c21-27(24,25)19-9-5-4-8-16(19)14-10-11-17-18(12-14)23-20(22-17)13-26-15-6-2-1-3-7-15/h1-12H,13H2,(H,22,23)(H2,21,24,25). The predicted octanol–water partition coefficient (Wildman–Crippen LogP) is 3.46. The Hall–Kier alpha value is -3.16. The lowest BCUT2D eigenvalue weighted by molar-refractivity contribution is 0.297. The molecule has 1 heterocycles. The van der Waals surface area contributed by atoms with Gasteiger partial charge in [0.25, 0.3) is 0 Å². The van der Waals surface area contributed by atoms with Crippen molar-refractivity contribution in [3.63, 3.8) is 0 Å². The minimum atomic E-state index is -3.82. The van der Waals surface area contributed by atoms with Crippen LogP contribution in [0.15, 0.2) is 77.7 Å². The van der Waals surface area contributed by atoms with Crippen LogP contribution in [0.25, 0.3) is 22.2 Å². The highest BCUT2D eigenvalue weighted by molar-refractivity contribution is 7.89. The molecule has 0 spiro atoms. The van der Waals surface area contributed by atoms with E-state index >= 15 is 0 Å². The highest BCUT2D eigenvalue weighted by Crippen LogP contribution is 2.28. The number of aromatic nitrogens is 2. The summed E-state index contributed by atoms with van der Waals surface area (Å²) in [4.78, 5) is 7.85. The van der Waals surface area contributed by atoms with Crippen molar-refractivity contribution in [3.05, 3.63) is 78.6 Å². The molecular formula is C20H17N3O3S. The zero-order valence-electron chi connectivity index (χ0n) is 14.3. The molecule has 0 bridgehead atoms. The van der Waals surface area contributed by atoms with Gasteiger partial charge in [0.05, 0.1) is 15.9 Å². The molecule has 0 atom stereocenters. The van der Waals surface area contributed by atoms with E-state index in [-0.39, 0.29) is 4.90 Å². The van der Waals surface area contributed by atoms with Crippen LogP contribution in [0.2, 0.25) is 0 Å². The fraction of sp³-hybridized carbons (Fsp3) is 0.0500. The first-order chi connectivity index (χ1) is 13.0. The van der Waals surface area contributed by atoms with Crippen LogP contribution in [0.3, 0.4) is 0 Å². The first-order valence-corrected chi connectivity index (χ1v) is 9.84. The molecule has 136 valence electrons. The number of nitrogens with zero attached hydrogens (tertiary/aromatic N) is 1. The Kier molecular flexibility index (Phi) is 4.39. The Labute approximate surface area is 156 Å². The van der Waals surface area contributed by atoms with E-state index < -0.39 is 10.0 Å². The van der Waals surface area contributed by atoms with Crippen LogP contribution in [-0.4, -0.2) is 18.4 Å². The molecule has 27 heavy (non-hydrogen) atoms. The molecular weight excluding hydrogens is 362 g/mol. The van der Waals surface area contributed by atoms with Gasteiger partial charge in [-0.3, -0.25) is 0 Å². The molecule has 0 saturated heterocycles. The molecule has 0 radical (unpaired) electrons. The van der Waals surface area contributed by atoms with Crippen molar-refractivity contribution in [2.24, 2.45) is 5.14 Å². The van der Waals surface area contributed by atoms with Crippen molar-refractivity contribution in [3.8, 4) is 16.9 Å². The van der Waals surface area contributed by atoms with Crippen LogP contribution in [0.5, 0.6) is 5.75 Å². The summed E-state index contributed by atoms with van der Waals surface area (Å²) in [7, 11) is -3.82. The average molecular weight is 379 g/mol. The van der Waals surface area contributed by atoms with Crippen molar-refractivity contribution in [1.82, 2.24) is 9.97 Å². The molecule has 6 nitrogen and oxygen atoms in total. The maximum Gasteiger partial charge on any atom is 0.238 e. The largest absolute Gasteiger partial charge is 0.486 e. The maximum absolute atomic E-state index is 11.9. The summed E-state index contributed by atoms with van der Waals surface area (Å²) in [6.45, 7) is 0.307. The number of nitrogens with one attached hydrogen (secondary N) is 1. The number of ether oxygens (including phenoxy) is 1. The topological polar surface area (TPSA) is 98.1 Å². The number of nitrogens with two attached hydrogens (primary N) is 1. The second-order valence-electron chi connectivity index (χ2n) is 6.06. The molecule has 0 aliphatic heterocycles. The minimum Gasteiger partial charge on any atom is -0.486 e. The summed E-state index contributed by atoms with van der Waals surface area (Å²) in [6.07, 6.45) is 0. The van der Waals surface area contributed by atoms with Crippen molar-refractivity contribution in [2.75, 3.05) is 0 Å². The van der Waals surface area contributed by atoms with Crippen LogP contribution in [0.4, 0.5) is 0 Å². The van der Waals surface area contributed by atoms with Gasteiger partial charge in [-0.2, -0.15) is 0 Å². The third-order valence-corrected chi connectivity index (χ3v) is 5.12. The summed E-state index contributed by atoms with van der Waals surface area (Å²) in [5.41, 5.74) is 2.85. The molecule has 4 aromatic rings. The fourth-order valence-electron chi connectivity index (χ4n) is 2.92. The van der Waals surface area contributed by atoms with Crippen LogP contribution >= 0.6 is 0 Å². The summed E-state index contributed by atoms with van der Waals surface area (Å²) in [5, 5.41) is 5.34. The van der Waals surface area contributed by atoms with E-state index in [0.717, 1.165) is 22.3 Å². The number of fused-ring (bicyclic) bond motifs is 1. The van der Waals surface area contributed by atoms with Crippen molar-refractivity contribution in [1.29, 1.82) is 0 Å². The van der Waals surface area contributed by atoms with Crippen LogP contribution in [0, 0.1) is 0 Å². The smallest absolute Gasteiger partial charge is 0.238 e. The SMILES string of the molecule is NS(=O)(=O)c1ccccc1-c1ccc2[nH]c(COc3ccccc3)nc2c1. The maximum atomic E-state index is 11.9. The summed E-state index contributed by atoms with van der Waals surface area (Å²) >= 11 is 0. The molecule has 3 aromatic carbocycles. The highest BCUT2D eigenvalue weighted by atomic mass is 32.2. The molecule has 4 rings (SSSR count). The van der Waals surface area contributed by atoms with Crippen molar-refractivity contribution in [2.45, 2.75) is 11.5 Å². The Morgan fingerprint density at radius 1 is 0.963 bits per heavy atom. The van der Waals surface area contributed by atoms with Gasteiger partial charge in [0.2, 0.25) is 10.0 Å². The number of hydrogen-bond donors (Lipinski definition) is 2. The van der Waals surface area contributed by atoms with Gasteiger partial charge < -0.3 is 9.72 Å². The number of hydrogen-bond acceptors (Lipinski definition) is 4. The Balaban J connectivity index is 1.66. The molecule has 0 saturated carbocycles. The molecule has 0 fully saturated rings. The second kappa shape index (κ2) is 6.86. The summed E-state index contributed by atoms with van der Waals surface area (Å²) in [6, 6.07) is 21.7. The number of benzene rings is 3. The molecule has 0 aliphatic carbocycles. The zero-order chi connectivity index (χ0) is 18.9. The van der Waals surface area contributed by atoms with Gasteiger partial charge in [0, 0.05) is 5.56 Å². The van der Waals surface area contributed by atoms with E-state index in [0.29, 0.717) is 18.0 Å². The van der Waals surface area contributed by atoms with Crippen molar-refractivity contribution >= 4 is 21.1 Å². The Morgan fingerprint density at radius 2 is 1.70 bits per heavy atom. The average Bonchev–Trinajstić information content (AvgIpc) is 3.08. The van der Waals surface area contributed by atoms with E-state index in [4.69, 9.17) is 9.88 Å². The first-order valence-electron chi connectivity index (χ1n) is 8.29. The Bertz CT molecular complexity index is 1200. The third kappa shape index (κ3) is 3.69. The number of rotatable bonds is 5. The Morgan fingerprint density at radius 3 is 2.48 bits per heavy atom. The third-order valence-electron chi connectivity index (χ3n) is 4.16.